The Kier molecular flexibility index (Phi) is 3.48. The summed E-state index contributed by atoms with van der Waals surface area (Å²) in [6, 6.07) is 4.75. The maximum absolute atomic E-state index is 13.7. The molecule has 4 heteroatoms. The normalized spacial score (nSPS) is 10.9. The molecule has 0 radical (unpaired) electrons. The van der Waals surface area contributed by atoms with E-state index < -0.39 is 5.82 Å². The first kappa shape index (κ1) is 12.8. The Morgan fingerprint density at radius 3 is 2.56 bits per heavy atom. The summed E-state index contributed by atoms with van der Waals surface area (Å²) in [6.45, 7) is 5.65. The van der Waals surface area contributed by atoms with Gasteiger partial charge in [0.25, 0.3) is 0 Å². The molecule has 18 heavy (non-hydrogen) atoms. The lowest BCUT2D eigenvalue weighted by Gasteiger charge is -2.10. The largest absolute Gasteiger partial charge is 0.391 e. The first-order chi connectivity index (χ1) is 8.60. The van der Waals surface area contributed by atoms with Crippen molar-refractivity contribution in [3.8, 4) is 5.69 Å². The molecule has 1 N–H and O–H groups in total. The van der Waals surface area contributed by atoms with Crippen molar-refractivity contribution < 1.29 is 9.50 Å². The maximum atomic E-state index is 13.7. The van der Waals surface area contributed by atoms with Crippen molar-refractivity contribution in [1.82, 2.24) is 9.78 Å². The topological polar surface area (TPSA) is 38.0 Å². The van der Waals surface area contributed by atoms with Crippen molar-refractivity contribution in [2.45, 2.75) is 33.8 Å². The Labute approximate surface area is 106 Å². The molecule has 3 nitrogen and oxygen atoms in total. The van der Waals surface area contributed by atoms with E-state index in [1.54, 1.807) is 16.8 Å². The van der Waals surface area contributed by atoms with Gasteiger partial charge in [0.15, 0.2) is 0 Å². The smallest absolute Gasteiger partial charge is 0.130 e. The van der Waals surface area contributed by atoms with Gasteiger partial charge in [-0.1, -0.05) is 13.0 Å². The minimum Gasteiger partial charge on any atom is -0.391 e. The van der Waals surface area contributed by atoms with Gasteiger partial charge < -0.3 is 5.11 Å². The standard InChI is InChI=1S/C14H17FN2O/c1-4-11-9(2)16-17(10(11)3)14-7-5-6-13(15)12(14)8-18/h5-7,18H,4,8H2,1-3H3. The van der Waals surface area contributed by atoms with Gasteiger partial charge >= 0.3 is 0 Å². The Morgan fingerprint density at radius 2 is 2.00 bits per heavy atom. The molecule has 0 fully saturated rings. The Morgan fingerprint density at radius 1 is 1.28 bits per heavy atom. The molecule has 0 unspecified atom stereocenters. The highest BCUT2D eigenvalue weighted by molar-refractivity contribution is 5.44. The Bertz CT molecular complexity index is 575. The summed E-state index contributed by atoms with van der Waals surface area (Å²) in [4.78, 5) is 0. The van der Waals surface area contributed by atoms with Crippen LogP contribution in [0, 0.1) is 19.7 Å². The van der Waals surface area contributed by atoms with Crippen LogP contribution in [-0.2, 0) is 13.0 Å². The predicted molar refractivity (Wildman–Crippen MR) is 68.3 cm³/mol. The van der Waals surface area contributed by atoms with Crippen molar-refractivity contribution in [3.05, 3.63) is 46.5 Å². The molecule has 2 rings (SSSR count). The molecular weight excluding hydrogens is 231 g/mol. The molecule has 1 heterocycles. The number of halogens is 1. The maximum Gasteiger partial charge on any atom is 0.130 e. The molecule has 0 spiro atoms. The van der Waals surface area contributed by atoms with Gasteiger partial charge in [0.05, 0.1) is 18.0 Å². The van der Waals surface area contributed by atoms with Crippen LogP contribution in [0.4, 0.5) is 4.39 Å². The van der Waals surface area contributed by atoms with Crippen molar-refractivity contribution in [3.63, 3.8) is 0 Å². The van der Waals surface area contributed by atoms with Gasteiger partial charge in [0, 0.05) is 11.3 Å². The van der Waals surface area contributed by atoms with E-state index in [1.807, 2.05) is 13.8 Å². The zero-order valence-corrected chi connectivity index (χ0v) is 10.9. The molecule has 0 atom stereocenters. The van der Waals surface area contributed by atoms with Crippen molar-refractivity contribution >= 4 is 0 Å². The van der Waals surface area contributed by atoms with Gasteiger partial charge in [-0.05, 0) is 38.0 Å². The number of aromatic nitrogens is 2. The fraction of sp³-hybridized carbons (Fsp3) is 0.357. The van der Waals surface area contributed by atoms with Gasteiger partial charge in [0.1, 0.15) is 5.82 Å². The van der Waals surface area contributed by atoms with E-state index in [9.17, 15) is 9.50 Å². The molecule has 0 aliphatic carbocycles. The van der Waals surface area contributed by atoms with E-state index in [2.05, 4.69) is 12.0 Å². The molecule has 0 saturated heterocycles. The molecule has 96 valence electrons. The zero-order chi connectivity index (χ0) is 13.3. The van der Waals surface area contributed by atoms with Crippen molar-refractivity contribution in [2.24, 2.45) is 0 Å². The highest BCUT2D eigenvalue weighted by atomic mass is 19.1. The lowest BCUT2D eigenvalue weighted by molar-refractivity contribution is 0.275. The number of nitrogens with zero attached hydrogens (tertiary/aromatic N) is 2. The molecule has 2 aromatic rings. The molecular formula is C14H17FN2O. The molecule has 0 bridgehead atoms. The minimum absolute atomic E-state index is 0.283. The van der Waals surface area contributed by atoms with E-state index in [4.69, 9.17) is 0 Å². The minimum atomic E-state index is -0.402. The Hall–Kier alpha value is -1.68. The highest BCUT2D eigenvalue weighted by Gasteiger charge is 2.15. The van der Waals surface area contributed by atoms with Gasteiger partial charge in [-0.15, -0.1) is 0 Å². The van der Waals surface area contributed by atoms with Gasteiger partial charge in [-0.3, -0.25) is 0 Å². The lowest BCUT2D eigenvalue weighted by atomic mass is 10.1. The number of hydrogen-bond donors (Lipinski definition) is 1. The second-order valence-corrected chi connectivity index (χ2v) is 4.31. The molecule has 1 aromatic heterocycles. The summed E-state index contributed by atoms with van der Waals surface area (Å²) in [5.41, 5.74) is 4.00. The van der Waals surface area contributed by atoms with Gasteiger partial charge in [0.2, 0.25) is 0 Å². The molecule has 0 aliphatic heterocycles. The Balaban J connectivity index is 2.66. The first-order valence-electron chi connectivity index (χ1n) is 6.03. The van der Waals surface area contributed by atoms with Crippen LogP contribution in [0.3, 0.4) is 0 Å². The number of benzene rings is 1. The fourth-order valence-electron chi connectivity index (χ4n) is 2.32. The van der Waals surface area contributed by atoms with Crippen LogP contribution in [0.15, 0.2) is 18.2 Å². The average molecular weight is 248 g/mol. The summed E-state index contributed by atoms with van der Waals surface area (Å²) < 4.78 is 15.4. The van der Waals surface area contributed by atoms with E-state index >= 15 is 0 Å². The molecule has 0 saturated carbocycles. The zero-order valence-electron chi connectivity index (χ0n) is 10.9. The quantitative estimate of drug-likeness (QED) is 0.906. The van der Waals surface area contributed by atoms with Crippen LogP contribution in [0.25, 0.3) is 5.69 Å². The van der Waals surface area contributed by atoms with Gasteiger partial charge in [-0.25, -0.2) is 9.07 Å². The predicted octanol–water partition coefficient (Wildman–Crippen LogP) is 2.68. The van der Waals surface area contributed by atoms with E-state index in [1.165, 1.54) is 11.6 Å². The van der Waals surface area contributed by atoms with Crippen LogP contribution >= 0.6 is 0 Å². The number of aliphatic hydroxyl groups excluding tert-OH is 1. The second kappa shape index (κ2) is 4.90. The highest BCUT2D eigenvalue weighted by Crippen LogP contribution is 2.22. The first-order valence-corrected chi connectivity index (χ1v) is 6.03. The van der Waals surface area contributed by atoms with Gasteiger partial charge in [-0.2, -0.15) is 5.10 Å². The summed E-state index contributed by atoms with van der Waals surface area (Å²) in [6.07, 6.45) is 0.890. The SMILES string of the molecule is CCc1c(C)nn(-c2cccc(F)c2CO)c1C. The average Bonchev–Trinajstić information content (AvgIpc) is 2.64. The summed E-state index contributed by atoms with van der Waals surface area (Å²) in [5, 5.41) is 13.7. The lowest BCUT2D eigenvalue weighted by Crippen LogP contribution is -2.05. The number of hydrogen-bond acceptors (Lipinski definition) is 2. The van der Waals surface area contributed by atoms with Crippen molar-refractivity contribution in [2.75, 3.05) is 0 Å². The van der Waals surface area contributed by atoms with Crippen LogP contribution < -0.4 is 0 Å². The van der Waals surface area contributed by atoms with E-state index in [0.29, 0.717) is 5.69 Å². The monoisotopic (exact) mass is 248 g/mol. The molecule has 1 aromatic carbocycles. The van der Waals surface area contributed by atoms with E-state index in [-0.39, 0.29) is 12.2 Å². The third-order valence-electron chi connectivity index (χ3n) is 3.28. The third-order valence-corrected chi connectivity index (χ3v) is 3.28. The summed E-state index contributed by atoms with van der Waals surface area (Å²) >= 11 is 0. The van der Waals surface area contributed by atoms with Crippen LogP contribution in [0.1, 0.15) is 29.4 Å². The van der Waals surface area contributed by atoms with E-state index in [0.717, 1.165) is 17.8 Å². The fourth-order valence-corrected chi connectivity index (χ4v) is 2.32. The van der Waals surface area contributed by atoms with Crippen molar-refractivity contribution in [1.29, 1.82) is 0 Å². The number of aryl methyl sites for hydroxylation is 1. The third kappa shape index (κ3) is 1.93. The molecule has 0 aliphatic rings. The summed E-state index contributed by atoms with van der Waals surface area (Å²) in [7, 11) is 0. The van der Waals surface area contributed by atoms with Crippen LogP contribution in [-0.4, -0.2) is 14.9 Å². The van der Waals surface area contributed by atoms with Crippen LogP contribution in [0.2, 0.25) is 0 Å². The molecule has 0 amide bonds. The summed E-state index contributed by atoms with van der Waals surface area (Å²) in [5.74, 6) is -0.402. The number of aliphatic hydroxyl groups is 1. The second-order valence-electron chi connectivity index (χ2n) is 4.31. The van der Waals surface area contributed by atoms with Crippen LogP contribution in [0.5, 0.6) is 0 Å². The number of rotatable bonds is 3.